The first kappa shape index (κ1) is 21.8. The van der Waals surface area contributed by atoms with Crippen LogP contribution < -0.4 is 4.90 Å². The number of hydrogen-bond acceptors (Lipinski definition) is 2. The molecule has 180 valence electrons. The molecule has 0 bridgehead atoms. The molecular weight excluding hydrogens is 478 g/mol. The van der Waals surface area contributed by atoms with E-state index in [0.29, 0.717) is 11.2 Å². The quantitative estimate of drug-likeness (QED) is 0.236. The largest absolute Gasteiger partial charge is 0.309 e. The van der Waals surface area contributed by atoms with Gasteiger partial charge in [-0.15, -0.1) is 11.8 Å². The second-order valence-corrected chi connectivity index (χ2v) is 11.3. The Labute approximate surface area is 227 Å². The molecule has 1 aliphatic carbocycles. The lowest BCUT2D eigenvalue weighted by molar-refractivity contribution is 0.818. The molecule has 2 aliphatic rings. The molecule has 2 heteroatoms. The molecule has 0 aromatic heterocycles. The Hall–Kier alpha value is -4.27. The highest BCUT2D eigenvalue weighted by atomic mass is 32.2. The van der Waals surface area contributed by atoms with Crippen molar-refractivity contribution >= 4 is 56.4 Å². The summed E-state index contributed by atoms with van der Waals surface area (Å²) in [5.41, 5.74) is 7.82. The van der Waals surface area contributed by atoms with Gasteiger partial charge >= 0.3 is 0 Å². The van der Waals surface area contributed by atoms with Crippen molar-refractivity contribution in [1.29, 1.82) is 0 Å². The second-order valence-electron chi connectivity index (χ2n) is 10.1. The van der Waals surface area contributed by atoms with E-state index in [4.69, 9.17) is 0 Å². The summed E-state index contributed by atoms with van der Waals surface area (Å²) >= 11 is 2.01. The van der Waals surface area contributed by atoms with Gasteiger partial charge in [0.1, 0.15) is 0 Å². The fraction of sp³-hybridized carbons (Fsp3) is 0.0556. The van der Waals surface area contributed by atoms with Gasteiger partial charge in [0, 0.05) is 32.5 Å². The average Bonchev–Trinajstić information content (AvgIpc) is 3.36. The molecule has 2 atom stereocenters. The lowest BCUT2D eigenvalue weighted by Gasteiger charge is -2.29. The van der Waals surface area contributed by atoms with E-state index in [2.05, 4.69) is 144 Å². The minimum atomic E-state index is 0.381. The smallest absolute Gasteiger partial charge is 0.0540 e. The van der Waals surface area contributed by atoms with Crippen molar-refractivity contribution < 1.29 is 0 Å². The molecule has 6 aromatic carbocycles. The van der Waals surface area contributed by atoms with Crippen LogP contribution in [0.1, 0.15) is 27.9 Å². The Kier molecular flexibility index (Phi) is 4.96. The summed E-state index contributed by atoms with van der Waals surface area (Å²) in [6.45, 7) is 0. The SMILES string of the molecule is C1=CC2c3cc(N(c4cccc5ccccc45)c4cccc5ccccc45)ccc3SC2c2ccccc21. The molecule has 8 rings (SSSR count). The van der Waals surface area contributed by atoms with Gasteiger partial charge in [-0.25, -0.2) is 0 Å². The molecule has 6 aromatic rings. The van der Waals surface area contributed by atoms with Crippen LogP contribution in [0.3, 0.4) is 0 Å². The molecule has 2 unspecified atom stereocenters. The average molecular weight is 504 g/mol. The van der Waals surface area contributed by atoms with Crippen LogP contribution in [0.2, 0.25) is 0 Å². The van der Waals surface area contributed by atoms with Crippen LogP contribution in [-0.4, -0.2) is 0 Å². The molecular formula is C36H25NS. The van der Waals surface area contributed by atoms with Crippen molar-refractivity contribution in [3.63, 3.8) is 0 Å². The number of rotatable bonds is 3. The summed E-state index contributed by atoms with van der Waals surface area (Å²) in [5.74, 6) is 0.381. The molecule has 1 heterocycles. The maximum Gasteiger partial charge on any atom is 0.0540 e. The lowest BCUT2D eigenvalue weighted by atomic mass is 9.85. The van der Waals surface area contributed by atoms with Crippen LogP contribution in [0.4, 0.5) is 17.1 Å². The van der Waals surface area contributed by atoms with Crippen LogP contribution in [0.15, 0.2) is 138 Å². The first-order valence-electron chi connectivity index (χ1n) is 13.2. The normalized spacial score (nSPS) is 17.3. The zero-order valence-corrected chi connectivity index (χ0v) is 21.6. The molecule has 0 saturated heterocycles. The maximum absolute atomic E-state index is 2.46. The Morgan fingerprint density at radius 3 is 1.92 bits per heavy atom. The monoisotopic (exact) mass is 503 g/mol. The molecule has 1 aliphatic heterocycles. The van der Waals surface area contributed by atoms with E-state index >= 15 is 0 Å². The van der Waals surface area contributed by atoms with Crippen LogP contribution in [0.25, 0.3) is 27.6 Å². The predicted molar refractivity (Wildman–Crippen MR) is 163 cm³/mol. The van der Waals surface area contributed by atoms with E-state index in [1.165, 1.54) is 60.2 Å². The molecule has 0 saturated carbocycles. The Balaban J connectivity index is 1.35. The van der Waals surface area contributed by atoms with Crippen LogP contribution in [0.5, 0.6) is 0 Å². The zero-order chi connectivity index (χ0) is 25.1. The maximum atomic E-state index is 2.46. The highest BCUT2D eigenvalue weighted by Gasteiger charge is 2.36. The third kappa shape index (κ3) is 3.34. The molecule has 0 N–H and O–H groups in total. The van der Waals surface area contributed by atoms with Crippen molar-refractivity contribution in [3.8, 4) is 0 Å². The van der Waals surface area contributed by atoms with Gasteiger partial charge in [-0.05, 0) is 57.8 Å². The van der Waals surface area contributed by atoms with Crippen molar-refractivity contribution in [2.75, 3.05) is 4.90 Å². The number of anilines is 3. The first-order valence-corrected chi connectivity index (χ1v) is 14.1. The molecule has 0 radical (unpaired) electrons. The third-order valence-corrected chi connectivity index (χ3v) is 9.42. The third-order valence-electron chi connectivity index (χ3n) is 7.99. The molecule has 38 heavy (non-hydrogen) atoms. The molecule has 1 nitrogen and oxygen atoms in total. The molecule has 0 spiro atoms. The summed E-state index contributed by atoms with van der Waals surface area (Å²) in [5, 5.41) is 5.44. The second kappa shape index (κ2) is 8.65. The van der Waals surface area contributed by atoms with Gasteiger partial charge in [0.15, 0.2) is 0 Å². The standard InChI is InChI=1S/C36H25NS/c1-4-14-28-24(9-1)12-7-17-33(28)37(34-18-8-13-25-10-2-5-15-29(25)34)27-20-22-35-32(23-27)31-21-19-26-11-3-6-16-30(26)36(31)38-35/h1-23,31,36H. The van der Waals surface area contributed by atoms with E-state index in [0.717, 1.165) is 0 Å². The highest BCUT2D eigenvalue weighted by Crippen LogP contribution is 2.58. The minimum absolute atomic E-state index is 0.381. The summed E-state index contributed by atoms with van der Waals surface area (Å²) < 4.78 is 0. The number of hydrogen-bond donors (Lipinski definition) is 0. The van der Waals surface area contributed by atoms with E-state index in [-0.39, 0.29) is 0 Å². The van der Waals surface area contributed by atoms with Crippen molar-refractivity contribution in [2.24, 2.45) is 0 Å². The zero-order valence-electron chi connectivity index (χ0n) is 20.8. The molecule has 0 amide bonds. The van der Waals surface area contributed by atoms with Crippen LogP contribution in [0, 0.1) is 0 Å². The predicted octanol–water partition coefficient (Wildman–Crippen LogP) is 10.4. The number of fused-ring (bicyclic) bond motifs is 7. The van der Waals surface area contributed by atoms with Crippen molar-refractivity contribution in [3.05, 3.63) is 150 Å². The van der Waals surface area contributed by atoms with Gasteiger partial charge in [-0.2, -0.15) is 0 Å². The fourth-order valence-electron chi connectivity index (χ4n) is 6.22. The fourth-order valence-corrected chi connectivity index (χ4v) is 7.70. The van der Waals surface area contributed by atoms with Crippen molar-refractivity contribution in [1.82, 2.24) is 0 Å². The summed E-state index contributed by atoms with van der Waals surface area (Å²) in [6.07, 6.45) is 4.72. The number of nitrogens with zero attached hydrogens (tertiary/aromatic N) is 1. The van der Waals surface area contributed by atoms with Gasteiger partial charge < -0.3 is 4.90 Å². The minimum Gasteiger partial charge on any atom is -0.309 e. The number of allylic oxidation sites excluding steroid dienone is 1. The number of benzene rings is 6. The summed E-state index contributed by atoms with van der Waals surface area (Å²) in [6, 6.07) is 46.6. The first-order chi connectivity index (χ1) is 18.8. The summed E-state index contributed by atoms with van der Waals surface area (Å²) in [4.78, 5) is 3.85. The van der Waals surface area contributed by atoms with Gasteiger partial charge in [-0.1, -0.05) is 109 Å². The topological polar surface area (TPSA) is 3.24 Å². The highest BCUT2D eigenvalue weighted by molar-refractivity contribution is 8.00. The van der Waals surface area contributed by atoms with E-state index in [9.17, 15) is 0 Å². The van der Waals surface area contributed by atoms with E-state index < -0.39 is 0 Å². The molecule has 0 fully saturated rings. The van der Waals surface area contributed by atoms with Crippen molar-refractivity contribution in [2.45, 2.75) is 16.1 Å². The van der Waals surface area contributed by atoms with E-state index in [1.807, 2.05) is 11.8 Å². The summed E-state index contributed by atoms with van der Waals surface area (Å²) in [7, 11) is 0. The Morgan fingerprint density at radius 2 is 1.18 bits per heavy atom. The van der Waals surface area contributed by atoms with Gasteiger partial charge in [0.25, 0.3) is 0 Å². The van der Waals surface area contributed by atoms with Gasteiger partial charge in [-0.3, -0.25) is 0 Å². The van der Waals surface area contributed by atoms with Crippen LogP contribution in [-0.2, 0) is 0 Å². The van der Waals surface area contributed by atoms with E-state index in [1.54, 1.807) is 0 Å². The lowest BCUT2D eigenvalue weighted by Crippen LogP contribution is -2.12. The van der Waals surface area contributed by atoms with Crippen LogP contribution >= 0.6 is 11.8 Å². The van der Waals surface area contributed by atoms with Gasteiger partial charge in [0.2, 0.25) is 0 Å². The number of thioether (sulfide) groups is 1. The Bertz CT molecular complexity index is 1790. The van der Waals surface area contributed by atoms with Gasteiger partial charge in [0.05, 0.1) is 11.4 Å². The Morgan fingerprint density at radius 1 is 0.553 bits per heavy atom.